The fourth-order valence-corrected chi connectivity index (χ4v) is 1.20. The number of hydrogen-bond acceptors (Lipinski definition) is 2. The summed E-state index contributed by atoms with van der Waals surface area (Å²) in [5, 5.41) is 6.54. The van der Waals surface area contributed by atoms with Crippen LogP contribution in [0.4, 0.5) is 0 Å². The van der Waals surface area contributed by atoms with Gasteiger partial charge in [-0.25, -0.2) is 0 Å². The molecule has 2 rings (SSSR count). The largest absolute Gasteiger partial charge is 0.285 e. The van der Waals surface area contributed by atoms with Crippen LogP contribution in [0, 0.1) is 6.92 Å². The summed E-state index contributed by atoms with van der Waals surface area (Å²) in [6.07, 6.45) is 0.385. The van der Waals surface area contributed by atoms with Gasteiger partial charge in [-0.1, -0.05) is 29.8 Å². The molecule has 0 radical (unpaired) electrons. The van der Waals surface area contributed by atoms with Crippen molar-refractivity contribution in [2.75, 3.05) is 6.67 Å². The molecule has 0 bridgehead atoms. The highest BCUT2D eigenvalue weighted by atomic mass is 15.3. The maximum atomic E-state index is 3.27. The first-order chi connectivity index (χ1) is 5.36. The van der Waals surface area contributed by atoms with Gasteiger partial charge in [0.25, 0.3) is 0 Å². The van der Waals surface area contributed by atoms with Crippen LogP contribution in [-0.2, 0) is 0 Å². The van der Waals surface area contributed by atoms with Gasteiger partial charge in [-0.2, -0.15) is 0 Å². The van der Waals surface area contributed by atoms with Crippen molar-refractivity contribution in [3.63, 3.8) is 0 Å². The zero-order valence-electron chi connectivity index (χ0n) is 6.59. The third kappa shape index (κ3) is 1.27. The summed E-state index contributed by atoms with van der Waals surface area (Å²) in [5.41, 5.74) is 2.63. The quantitative estimate of drug-likeness (QED) is 0.624. The van der Waals surface area contributed by atoms with Crippen LogP contribution >= 0.6 is 0 Å². The Kier molecular flexibility index (Phi) is 1.64. The lowest BCUT2D eigenvalue weighted by Crippen LogP contribution is -2.51. The van der Waals surface area contributed by atoms with Gasteiger partial charge in [0.05, 0.1) is 6.17 Å². The average molecular weight is 148 g/mol. The third-order valence-corrected chi connectivity index (χ3v) is 2.02. The summed E-state index contributed by atoms with van der Waals surface area (Å²) in [7, 11) is 0. The lowest BCUT2D eigenvalue weighted by Gasteiger charge is -2.29. The molecule has 2 N–H and O–H groups in total. The Labute approximate surface area is 66.6 Å². The van der Waals surface area contributed by atoms with Crippen LogP contribution < -0.4 is 10.6 Å². The molecule has 1 aliphatic rings. The molecule has 0 atom stereocenters. The zero-order valence-corrected chi connectivity index (χ0v) is 6.59. The fourth-order valence-electron chi connectivity index (χ4n) is 1.20. The molecule has 1 saturated heterocycles. The molecule has 1 fully saturated rings. The van der Waals surface area contributed by atoms with E-state index in [1.54, 1.807) is 0 Å². The van der Waals surface area contributed by atoms with Crippen LogP contribution in [0.3, 0.4) is 0 Å². The smallest absolute Gasteiger partial charge is 0.0855 e. The highest BCUT2D eigenvalue weighted by molar-refractivity contribution is 5.24. The fraction of sp³-hybridized carbons (Fsp3) is 0.333. The Balaban J connectivity index is 2.18. The van der Waals surface area contributed by atoms with Crippen molar-refractivity contribution >= 4 is 0 Å². The van der Waals surface area contributed by atoms with Crippen LogP contribution in [0.1, 0.15) is 17.3 Å². The molecule has 0 aliphatic carbocycles. The topological polar surface area (TPSA) is 24.1 Å². The Hall–Kier alpha value is -0.860. The second kappa shape index (κ2) is 2.64. The summed E-state index contributed by atoms with van der Waals surface area (Å²) in [4.78, 5) is 0. The molecule has 1 heterocycles. The predicted molar refractivity (Wildman–Crippen MR) is 45.1 cm³/mol. The van der Waals surface area contributed by atoms with E-state index >= 15 is 0 Å². The maximum absolute atomic E-state index is 3.27. The predicted octanol–water partition coefficient (Wildman–Crippen LogP) is 1.14. The highest BCUT2D eigenvalue weighted by Gasteiger charge is 2.15. The Morgan fingerprint density at radius 2 is 1.82 bits per heavy atom. The molecule has 1 aromatic carbocycles. The van der Waals surface area contributed by atoms with Gasteiger partial charge in [0, 0.05) is 6.67 Å². The molecule has 0 spiro atoms. The van der Waals surface area contributed by atoms with E-state index in [9.17, 15) is 0 Å². The number of hydrogen-bond donors (Lipinski definition) is 2. The van der Waals surface area contributed by atoms with Crippen molar-refractivity contribution in [1.82, 2.24) is 10.6 Å². The van der Waals surface area contributed by atoms with Gasteiger partial charge in [0.1, 0.15) is 0 Å². The van der Waals surface area contributed by atoms with Gasteiger partial charge in [-0.3, -0.25) is 10.6 Å². The molecule has 11 heavy (non-hydrogen) atoms. The Morgan fingerprint density at radius 3 is 2.27 bits per heavy atom. The average Bonchev–Trinajstić information content (AvgIpc) is 1.90. The molecule has 58 valence electrons. The maximum Gasteiger partial charge on any atom is 0.0855 e. The van der Waals surface area contributed by atoms with E-state index in [0.717, 1.165) is 6.67 Å². The summed E-state index contributed by atoms with van der Waals surface area (Å²) < 4.78 is 0. The SMILES string of the molecule is Cc1ccc(C2NCN2)cc1. The standard InChI is InChI=1S/C9H12N2/c1-7-2-4-8(5-3-7)9-10-6-11-9/h2-5,9-11H,6H2,1H3. The number of rotatable bonds is 1. The van der Waals surface area contributed by atoms with Gasteiger partial charge < -0.3 is 0 Å². The molecule has 0 unspecified atom stereocenters. The molecule has 2 heteroatoms. The second-order valence-electron chi connectivity index (χ2n) is 2.93. The number of nitrogens with one attached hydrogen (secondary N) is 2. The van der Waals surface area contributed by atoms with Crippen molar-refractivity contribution in [1.29, 1.82) is 0 Å². The monoisotopic (exact) mass is 148 g/mol. The van der Waals surface area contributed by atoms with E-state index in [4.69, 9.17) is 0 Å². The van der Waals surface area contributed by atoms with Gasteiger partial charge in [0.2, 0.25) is 0 Å². The lowest BCUT2D eigenvalue weighted by molar-refractivity contribution is 0.308. The first-order valence-corrected chi connectivity index (χ1v) is 3.89. The van der Waals surface area contributed by atoms with Crippen LogP contribution in [0.25, 0.3) is 0 Å². The van der Waals surface area contributed by atoms with Crippen LogP contribution in [0.5, 0.6) is 0 Å². The zero-order chi connectivity index (χ0) is 7.68. The molecule has 2 nitrogen and oxygen atoms in total. The molecular formula is C9H12N2. The third-order valence-electron chi connectivity index (χ3n) is 2.02. The summed E-state index contributed by atoms with van der Waals surface area (Å²) >= 11 is 0. The van der Waals surface area contributed by atoms with Crippen LogP contribution in [0.2, 0.25) is 0 Å². The van der Waals surface area contributed by atoms with Crippen molar-refractivity contribution in [2.45, 2.75) is 13.1 Å². The number of aryl methyl sites for hydroxylation is 1. The van der Waals surface area contributed by atoms with Crippen molar-refractivity contribution in [2.24, 2.45) is 0 Å². The van der Waals surface area contributed by atoms with E-state index in [2.05, 4.69) is 41.8 Å². The molecule has 1 aliphatic heterocycles. The minimum Gasteiger partial charge on any atom is -0.285 e. The van der Waals surface area contributed by atoms with E-state index in [-0.39, 0.29) is 0 Å². The van der Waals surface area contributed by atoms with Gasteiger partial charge in [-0.15, -0.1) is 0 Å². The minimum atomic E-state index is 0.385. The van der Waals surface area contributed by atoms with Gasteiger partial charge in [0.15, 0.2) is 0 Å². The van der Waals surface area contributed by atoms with E-state index in [1.165, 1.54) is 11.1 Å². The molecule has 1 aromatic rings. The Bertz CT molecular complexity index is 236. The van der Waals surface area contributed by atoms with E-state index in [1.807, 2.05) is 0 Å². The van der Waals surface area contributed by atoms with Crippen molar-refractivity contribution in [3.8, 4) is 0 Å². The second-order valence-corrected chi connectivity index (χ2v) is 2.93. The number of benzene rings is 1. The normalized spacial score (nSPS) is 17.9. The first-order valence-electron chi connectivity index (χ1n) is 3.89. The highest BCUT2D eigenvalue weighted by Crippen LogP contribution is 2.13. The molecule has 0 saturated carbocycles. The van der Waals surface area contributed by atoms with Crippen molar-refractivity contribution < 1.29 is 0 Å². The van der Waals surface area contributed by atoms with Gasteiger partial charge in [-0.05, 0) is 12.5 Å². The summed E-state index contributed by atoms with van der Waals surface area (Å²) in [6, 6.07) is 8.58. The van der Waals surface area contributed by atoms with Crippen molar-refractivity contribution in [3.05, 3.63) is 35.4 Å². The van der Waals surface area contributed by atoms with Gasteiger partial charge >= 0.3 is 0 Å². The lowest BCUT2D eigenvalue weighted by atomic mass is 10.1. The van der Waals surface area contributed by atoms with Crippen LogP contribution in [-0.4, -0.2) is 6.67 Å². The van der Waals surface area contributed by atoms with Crippen LogP contribution in [0.15, 0.2) is 24.3 Å². The molecule has 0 aromatic heterocycles. The Morgan fingerprint density at radius 1 is 1.18 bits per heavy atom. The minimum absolute atomic E-state index is 0.385. The molecular weight excluding hydrogens is 136 g/mol. The first kappa shape index (κ1) is 6.83. The van der Waals surface area contributed by atoms with E-state index < -0.39 is 0 Å². The summed E-state index contributed by atoms with van der Waals surface area (Å²) in [6.45, 7) is 3.03. The molecule has 0 amide bonds. The summed E-state index contributed by atoms with van der Waals surface area (Å²) in [5.74, 6) is 0. The van der Waals surface area contributed by atoms with E-state index in [0.29, 0.717) is 6.17 Å².